The van der Waals surface area contributed by atoms with Crippen LogP contribution in [0.3, 0.4) is 0 Å². The van der Waals surface area contributed by atoms with Gasteiger partial charge >= 0.3 is 5.97 Å². The number of fused-ring (bicyclic) bond motifs is 3. The van der Waals surface area contributed by atoms with E-state index in [1.807, 2.05) is 12.1 Å². The van der Waals surface area contributed by atoms with Crippen LogP contribution in [0.15, 0.2) is 53.0 Å². The van der Waals surface area contributed by atoms with Crippen LogP contribution in [0.5, 0.6) is 0 Å². The van der Waals surface area contributed by atoms with Crippen molar-refractivity contribution >= 4 is 27.6 Å². The fourth-order valence-corrected chi connectivity index (χ4v) is 4.37. The molecule has 2 aliphatic rings. The van der Waals surface area contributed by atoms with Gasteiger partial charge in [-0.05, 0) is 63.7 Å². The SMILES string of the molecule is O=C(O)c1cc(Br)c2c(c1)C1C=CCC1C(c1ccc(F)cc1)N2. The third-order valence-corrected chi connectivity index (χ3v) is 5.52. The highest BCUT2D eigenvalue weighted by Gasteiger charge is 2.39. The van der Waals surface area contributed by atoms with Crippen molar-refractivity contribution in [1.82, 2.24) is 0 Å². The van der Waals surface area contributed by atoms with E-state index in [1.165, 1.54) is 12.1 Å². The summed E-state index contributed by atoms with van der Waals surface area (Å²) in [4.78, 5) is 11.4. The Morgan fingerprint density at radius 3 is 2.71 bits per heavy atom. The first kappa shape index (κ1) is 15.4. The Kier molecular flexibility index (Phi) is 3.68. The third-order valence-electron chi connectivity index (χ3n) is 4.90. The van der Waals surface area contributed by atoms with Crippen molar-refractivity contribution in [2.75, 3.05) is 5.32 Å². The second-order valence-corrected chi connectivity index (χ2v) is 7.11. The maximum atomic E-state index is 13.2. The summed E-state index contributed by atoms with van der Waals surface area (Å²) in [6.07, 6.45) is 5.21. The molecule has 1 aliphatic heterocycles. The standard InChI is InChI=1S/C19H15BrFNO2/c20-16-9-11(19(23)24)8-15-13-2-1-3-14(13)17(22-18(15)16)10-4-6-12(21)7-5-10/h1-2,4-9,13-14,17,22H,3H2,(H,23,24). The fourth-order valence-electron chi connectivity index (χ4n) is 3.78. The van der Waals surface area contributed by atoms with Gasteiger partial charge in [-0.2, -0.15) is 0 Å². The number of anilines is 1. The molecule has 3 nitrogen and oxygen atoms in total. The molecule has 0 saturated heterocycles. The van der Waals surface area contributed by atoms with E-state index < -0.39 is 5.97 Å². The molecule has 0 fully saturated rings. The molecule has 0 radical (unpaired) electrons. The molecule has 2 aromatic rings. The molecule has 122 valence electrons. The van der Waals surface area contributed by atoms with Gasteiger partial charge in [0.1, 0.15) is 5.82 Å². The van der Waals surface area contributed by atoms with E-state index in [0.717, 1.165) is 27.7 Å². The van der Waals surface area contributed by atoms with Crippen molar-refractivity contribution in [2.24, 2.45) is 5.92 Å². The van der Waals surface area contributed by atoms with Gasteiger partial charge in [-0.15, -0.1) is 0 Å². The van der Waals surface area contributed by atoms with Crippen LogP contribution in [-0.4, -0.2) is 11.1 Å². The highest BCUT2D eigenvalue weighted by molar-refractivity contribution is 9.10. The summed E-state index contributed by atoms with van der Waals surface area (Å²) in [6, 6.07) is 10.0. The lowest BCUT2D eigenvalue weighted by Crippen LogP contribution is -2.29. The van der Waals surface area contributed by atoms with Crippen LogP contribution in [0.25, 0.3) is 0 Å². The Morgan fingerprint density at radius 2 is 2.00 bits per heavy atom. The van der Waals surface area contributed by atoms with E-state index in [1.54, 1.807) is 12.1 Å². The smallest absolute Gasteiger partial charge is 0.335 e. The molecule has 0 amide bonds. The van der Waals surface area contributed by atoms with Crippen LogP contribution >= 0.6 is 15.9 Å². The average Bonchev–Trinajstić information content (AvgIpc) is 3.05. The van der Waals surface area contributed by atoms with E-state index in [4.69, 9.17) is 0 Å². The second kappa shape index (κ2) is 5.74. The lowest BCUT2D eigenvalue weighted by atomic mass is 9.76. The van der Waals surface area contributed by atoms with Crippen LogP contribution in [0.4, 0.5) is 10.1 Å². The maximum Gasteiger partial charge on any atom is 0.335 e. The molecular weight excluding hydrogens is 373 g/mol. The number of rotatable bonds is 2. The molecule has 2 N–H and O–H groups in total. The van der Waals surface area contributed by atoms with E-state index in [-0.39, 0.29) is 23.3 Å². The highest BCUT2D eigenvalue weighted by atomic mass is 79.9. The van der Waals surface area contributed by atoms with Crippen LogP contribution in [0, 0.1) is 11.7 Å². The number of allylic oxidation sites excluding steroid dienone is 2. The molecule has 0 bridgehead atoms. The van der Waals surface area contributed by atoms with Crippen molar-refractivity contribution in [3.63, 3.8) is 0 Å². The van der Waals surface area contributed by atoms with Crippen molar-refractivity contribution in [1.29, 1.82) is 0 Å². The Labute approximate surface area is 147 Å². The maximum absolute atomic E-state index is 13.2. The van der Waals surface area contributed by atoms with Gasteiger partial charge in [-0.1, -0.05) is 24.3 Å². The summed E-state index contributed by atoms with van der Waals surface area (Å²) in [5.74, 6) is -0.730. The predicted octanol–water partition coefficient (Wildman–Crippen LogP) is 5.11. The van der Waals surface area contributed by atoms with Gasteiger partial charge in [-0.3, -0.25) is 0 Å². The van der Waals surface area contributed by atoms with E-state index in [2.05, 4.69) is 33.4 Å². The van der Waals surface area contributed by atoms with Crippen LogP contribution < -0.4 is 5.32 Å². The van der Waals surface area contributed by atoms with Gasteiger partial charge in [0.05, 0.1) is 17.3 Å². The zero-order valence-corrected chi connectivity index (χ0v) is 14.3. The number of hydrogen-bond donors (Lipinski definition) is 2. The normalized spacial score (nSPS) is 24.2. The quantitative estimate of drug-likeness (QED) is 0.703. The predicted molar refractivity (Wildman–Crippen MR) is 93.9 cm³/mol. The lowest BCUT2D eigenvalue weighted by molar-refractivity contribution is 0.0696. The number of aromatic carboxylic acids is 1. The van der Waals surface area contributed by atoms with Gasteiger partial charge in [0.25, 0.3) is 0 Å². The van der Waals surface area contributed by atoms with Crippen molar-refractivity contribution < 1.29 is 14.3 Å². The number of carboxylic acids is 1. The number of halogens is 2. The van der Waals surface area contributed by atoms with Gasteiger partial charge in [0.2, 0.25) is 0 Å². The van der Waals surface area contributed by atoms with Crippen molar-refractivity contribution in [3.8, 4) is 0 Å². The van der Waals surface area contributed by atoms with Gasteiger partial charge in [-0.25, -0.2) is 9.18 Å². The number of benzene rings is 2. The number of carboxylic acid groups (broad SMARTS) is 1. The summed E-state index contributed by atoms with van der Waals surface area (Å²) in [6.45, 7) is 0. The molecule has 4 rings (SSSR count). The molecule has 0 aromatic heterocycles. The van der Waals surface area contributed by atoms with E-state index >= 15 is 0 Å². The minimum atomic E-state index is -0.933. The van der Waals surface area contributed by atoms with Gasteiger partial charge in [0.15, 0.2) is 0 Å². The Hall–Kier alpha value is -2.14. The number of hydrogen-bond acceptors (Lipinski definition) is 2. The van der Waals surface area contributed by atoms with Gasteiger partial charge in [0, 0.05) is 10.4 Å². The molecule has 0 spiro atoms. The molecule has 2 aromatic carbocycles. The summed E-state index contributed by atoms with van der Waals surface area (Å²) in [7, 11) is 0. The topological polar surface area (TPSA) is 49.3 Å². The van der Waals surface area contributed by atoms with E-state index in [9.17, 15) is 14.3 Å². The summed E-state index contributed by atoms with van der Waals surface area (Å²) in [5, 5.41) is 12.8. The minimum Gasteiger partial charge on any atom is -0.478 e. The third kappa shape index (κ3) is 2.44. The van der Waals surface area contributed by atoms with E-state index in [0.29, 0.717) is 5.92 Å². The van der Waals surface area contributed by atoms with Crippen molar-refractivity contribution in [3.05, 3.63) is 75.5 Å². The lowest BCUT2D eigenvalue weighted by Gasteiger charge is -2.38. The largest absolute Gasteiger partial charge is 0.478 e. The molecule has 3 unspecified atom stereocenters. The first-order chi connectivity index (χ1) is 11.5. The molecular formula is C19H15BrFNO2. The second-order valence-electron chi connectivity index (χ2n) is 6.25. The first-order valence-electron chi connectivity index (χ1n) is 7.80. The highest BCUT2D eigenvalue weighted by Crippen LogP contribution is 2.51. The summed E-state index contributed by atoms with van der Waals surface area (Å²) >= 11 is 3.50. The molecule has 0 saturated carbocycles. The molecule has 1 heterocycles. The number of nitrogens with one attached hydrogen (secondary N) is 1. The molecule has 5 heteroatoms. The Balaban J connectivity index is 1.82. The Bertz CT molecular complexity index is 847. The van der Waals surface area contributed by atoms with Crippen LogP contribution in [-0.2, 0) is 0 Å². The molecule has 24 heavy (non-hydrogen) atoms. The average molecular weight is 388 g/mol. The zero-order valence-electron chi connectivity index (χ0n) is 12.7. The Morgan fingerprint density at radius 1 is 1.25 bits per heavy atom. The fraction of sp³-hybridized carbons (Fsp3) is 0.211. The summed E-state index contributed by atoms with van der Waals surface area (Å²) < 4.78 is 14.0. The van der Waals surface area contributed by atoms with Gasteiger partial charge < -0.3 is 10.4 Å². The molecule has 3 atom stereocenters. The first-order valence-corrected chi connectivity index (χ1v) is 8.59. The monoisotopic (exact) mass is 387 g/mol. The van der Waals surface area contributed by atoms with Crippen molar-refractivity contribution in [2.45, 2.75) is 18.4 Å². The zero-order chi connectivity index (χ0) is 16.8. The van der Waals surface area contributed by atoms with Crippen LogP contribution in [0.2, 0.25) is 0 Å². The molecule has 1 aliphatic carbocycles. The minimum absolute atomic E-state index is 0.0603. The number of carbonyl (C=O) groups is 1. The van der Waals surface area contributed by atoms with Crippen LogP contribution in [0.1, 0.15) is 39.9 Å². The summed E-state index contributed by atoms with van der Waals surface area (Å²) in [5.41, 5.74) is 3.23.